The second kappa shape index (κ2) is 7.41. The number of nitriles is 1. The molecule has 0 heterocycles. The van der Waals surface area contributed by atoms with Crippen molar-refractivity contribution >= 4 is 17.5 Å². The number of para-hydroxylation sites is 1. The van der Waals surface area contributed by atoms with Crippen LogP contribution in [0.1, 0.15) is 31.7 Å². The third kappa shape index (κ3) is 4.74. The van der Waals surface area contributed by atoms with E-state index < -0.39 is 0 Å². The monoisotopic (exact) mass is 297 g/mol. The van der Waals surface area contributed by atoms with Gasteiger partial charge in [-0.1, -0.05) is 23.8 Å². The topological polar surface area (TPSA) is 82.0 Å². The van der Waals surface area contributed by atoms with E-state index in [1.165, 1.54) is 12.8 Å². The van der Waals surface area contributed by atoms with Gasteiger partial charge in [-0.15, -0.1) is 0 Å². The van der Waals surface area contributed by atoms with Crippen LogP contribution in [-0.4, -0.2) is 11.8 Å². The molecule has 0 radical (unpaired) electrons. The zero-order valence-corrected chi connectivity index (χ0v) is 12.6. The quantitative estimate of drug-likeness (QED) is 0.791. The van der Waals surface area contributed by atoms with E-state index >= 15 is 0 Å². The van der Waals surface area contributed by atoms with Crippen LogP contribution < -0.4 is 10.6 Å². The van der Waals surface area contributed by atoms with Crippen molar-refractivity contribution in [3.63, 3.8) is 0 Å². The molecule has 114 valence electrons. The molecule has 0 aliphatic heterocycles. The fourth-order valence-corrected chi connectivity index (χ4v) is 2.16. The number of anilines is 1. The van der Waals surface area contributed by atoms with Gasteiger partial charge in [-0.05, 0) is 37.3 Å². The number of amides is 2. The van der Waals surface area contributed by atoms with Crippen LogP contribution in [0, 0.1) is 17.2 Å². The van der Waals surface area contributed by atoms with Crippen molar-refractivity contribution in [1.82, 2.24) is 5.32 Å². The van der Waals surface area contributed by atoms with E-state index in [1.807, 2.05) is 19.1 Å². The van der Waals surface area contributed by atoms with E-state index in [4.69, 9.17) is 5.26 Å². The molecule has 0 saturated heterocycles. The number of hydrogen-bond donors (Lipinski definition) is 2. The van der Waals surface area contributed by atoms with Crippen molar-refractivity contribution < 1.29 is 9.59 Å². The smallest absolute Gasteiger partial charge is 0.244 e. The van der Waals surface area contributed by atoms with E-state index in [-0.39, 0.29) is 18.2 Å². The number of benzene rings is 1. The molecule has 22 heavy (non-hydrogen) atoms. The average molecular weight is 297 g/mol. The highest BCUT2D eigenvalue weighted by molar-refractivity contribution is 5.93. The molecule has 1 aromatic carbocycles. The first-order valence-electron chi connectivity index (χ1n) is 7.31. The first kappa shape index (κ1) is 15.8. The Bertz CT molecular complexity index is 640. The van der Waals surface area contributed by atoms with Gasteiger partial charge >= 0.3 is 0 Å². The maximum atomic E-state index is 11.9. The van der Waals surface area contributed by atoms with Crippen molar-refractivity contribution in [1.29, 1.82) is 5.26 Å². The minimum atomic E-state index is -0.356. The number of carbonyl (C=O) groups excluding carboxylic acids is 2. The van der Waals surface area contributed by atoms with Gasteiger partial charge in [-0.2, -0.15) is 5.26 Å². The zero-order chi connectivity index (χ0) is 15.9. The van der Waals surface area contributed by atoms with Gasteiger partial charge in [0.25, 0.3) is 0 Å². The molecule has 1 fully saturated rings. The third-order valence-electron chi connectivity index (χ3n) is 3.56. The molecule has 2 amide bonds. The fraction of sp³-hybridized carbons (Fsp3) is 0.353. The Kier molecular flexibility index (Phi) is 5.31. The van der Waals surface area contributed by atoms with Gasteiger partial charge in [-0.25, -0.2) is 0 Å². The first-order chi connectivity index (χ1) is 10.6. The Labute approximate surface area is 130 Å². The van der Waals surface area contributed by atoms with Crippen LogP contribution in [0.3, 0.4) is 0 Å². The van der Waals surface area contributed by atoms with E-state index in [0.29, 0.717) is 18.2 Å². The molecule has 0 atom stereocenters. The van der Waals surface area contributed by atoms with E-state index in [2.05, 4.69) is 10.6 Å². The summed E-state index contributed by atoms with van der Waals surface area (Å²) < 4.78 is 0. The minimum absolute atomic E-state index is 0.123. The molecule has 0 bridgehead atoms. The van der Waals surface area contributed by atoms with Gasteiger partial charge in [-0.3, -0.25) is 9.59 Å². The summed E-state index contributed by atoms with van der Waals surface area (Å²) in [6.45, 7) is 2.31. The van der Waals surface area contributed by atoms with Crippen molar-refractivity contribution in [2.45, 2.75) is 32.7 Å². The van der Waals surface area contributed by atoms with Gasteiger partial charge in [0, 0.05) is 18.3 Å². The number of hydrogen-bond acceptors (Lipinski definition) is 3. The highest BCUT2D eigenvalue weighted by atomic mass is 16.2. The van der Waals surface area contributed by atoms with Gasteiger partial charge < -0.3 is 10.6 Å². The Hall–Kier alpha value is -2.61. The van der Waals surface area contributed by atoms with E-state index in [1.54, 1.807) is 24.3 Å². The lowest BCUT2D eigenvalue weighted by Crippen LogP contribution is -2.22. The van der Waals surface area contributed by atoms with Crippen molar-refractivity contribution in [2.75, 3.05) is 5.32 Å². The second-order valence-electron chi connectivity index (χ2n) is 5.42. The number of allylic oxidation sites excluding steroid dienone is 1. The minimum Gasteiger partial charge on any atom is -0.348 e. The van der Waals surface area contributed by atoms with Crippen LogP contribution >= 0.6 is 0 Å². The summed E-state index contributed by atoms with van der Waals surface area (Å²) in [7, 11) is 0. The Morgan fingerprint density at radius 3 is 2.77 bits per heavy atom. The van der Waals surface area contributed by atoms with Gasteiger partial charge in [0.05, 0.1) is 6.07 Å². The highest BCUT2D eigenvalue weighted by Gasteiger charge is 2.23. The van der Waals surface area contributed by atoms with Gasteiger partial charge in [0.1, 0.15) is 6.42 Å². The third-order valence-corrected chi connectivity index (χ3v) is 3.56. The van der Waals surface area contributed by atoms with E-state index in [0.717, 1.165) is 11.1 Å². The van der Waals surface area contributed by atoms with E-state index in [9.17, 15) is 9.59 Å². The Morgan fingerprint density at radius 2 is 2.09 bits per heavy atom. The molecule has 5 heteroatoms. The van der Waals surface area contributed by atoms with Crippen LogP contribution in [0.5, 0.6) is 0 Å². The summed E-state index contributed by atoms with van der Waals surface area (Å²) in [4.78, 5) is 23.4. The summed E-state index contributed by atoms with van der Waals surface area (Å²) in [6.07, 6.45) is 3.80. The lowest BCUT2D eigenvalue weighted by Gasteiger charge is -2.10. The predicted octanol–water partition coefficient (Wildman–Crippen LogP) is 2.51. The summed E-state index contributed by atoms with van der Waals surface area (Å²) in [5.41, 5.74) is 2.54. The van der Waals surface area contributed by atoms with Crippen molar-refractivity contribution in [2.24, 2.45) is 5.92 Å². The Morgan fingerprint density at radius 1 is 1.36 bits per heavy atom. The highest BCUT2D eigenvalue weighted by Crippen LogP contribution is 2.35. The summed E-state index contributed by atoms with van der Waals surface area (Å²) in [5.74, 6) is 0.0941. The van der Waals surface area contributed by atoms with Crippen LogP contribution in [-0.2, 0) is 16.1 Å². The molecule has 0 unspecified atom stereocenters. The maximum Gasteiger partial charge on any atom is 0.244 e. The second-order valence-corrected chi connectivity index (χ2v) is 5.42. The molecular weight excluding hydrogens is 278 g/mol. The van der Waals surface area contributed by atoms with Crippen molar-refractivity contribution in [3.05, 3.63) is 41.5 Å². The number of rotatable bonds is 6. The summed E-state index contributed by atoms with van der Waals surface area (Å²) in [5, 5.41) is 14.0. The lowest BCUT2D eigenvalue weighted by atomic mass is 10.1. The zero-order valence-electron chi connectivity index (χ0n) is 12.6. The van der Waals surface area contributed by atoms with Crippen LogP contribution in [0.4, 0.5) is 5.69 Å². The standard InChI is InChI=1S/C17H19N3O2/c1-12(13-6-7-13)10-17(22)19-11-14-4-2-3-5-15(14)20-16(21)8-9-18/h2-5,10,13H,6-8,11H2,1H3,(H,19,22)(H,20,21)/b12-10+. The molecule has 2 N–H and O–H groups in total. The lowest BCUT2D eigenvalue weighted by molar-refractivity contribution is -0.117. The maximum absolute atomic E-state index is 11.9. The van der Waals surface area contributed by atoms with Crippen LogP contribution in [0.25, 0.3) is 0 Å². The van der Waals surface area contributed by atoms with Gasteiger partial charge in [0.15, 0.2) is 0 Å². The summed E-state index contributed by atoms with van der Waals surface area (Å²) >= 11 is 0. The van der Waals surface area contributed by atoms with Crippen molar-refractivity contribution in [3.8, 4) is 6.07 Å². The molecule has 2 rings (SSSR count). The molecular formula is C17H19N3O2. The number of carbonyl (C=O) groups is 2. The fourth-order valence-electron chi connectivity index (χ4n) is 2.16. The number of nitrogens with zero attached hydrogens (tertiary/aromatic N) is 1. The summed E-state index contributed by atoms with van der Waals surface area (Å²) in [6, 6.07) is 9.03. The predicted molar refractivity (Wildman–Crippen MR) is 83.6 cm³/mol. The SMILES string of the molecule is C/C(=C\C(=O)NCc1ccccc1NC(=O)CC#N)C1CC1. The van der Waals surface area contributed by atoms with Crippen LogP contribution in [0.2, 0.25) is 0 Å². The molecule has 1 aromatic rings. The molecule has 5 nitrogen and oxygen atoms in total. The van der Waals surface area contributed by atoms with Gasteiger partial charge in [0.2, 0.25) is 11.8 Å². The molecule has 1 saturated carbocycles. The molecule has 1 aliphatic carbocycles. The molecule has 0 spiro atoms. The Balaban J connectivity index is 1.94. The largest absolute Gasteiger partial charge is 0.348 e. The first-order valence-corrected chi connectivity index (χ1v) is 7.31. The number of nitrogens with one attached hydrogen (secondary N) is 2. The normalized spacial score (nSPS) is 14.1. The van der Waals surface area contributed by atoms with Crippen LogP contribution in [0.15, 0.2) is 35.9 Å². The molecule has 0 aromatic heterocycles. The molecule has 1 aliphatic rings. The average Bonchev–Trinajstić information content (AvgIpc) is 3.31.